The molecule has 0 spiro atoms. The van der Waals surface area contributed by atoms with E-state index in [2.05, 4.69) is 184 Å². The second-order valence-corrected chi connectivity index (χ2v) is 28.0. The fourth-order valence-electron chi connectivity index (χ4n) is 10.3. The summed E-state index contributed by atoms with van der Waals surface area (Å²) in [7, 11) is 1.13. The van der Waals surface area contributed by atoms with Gasteiger partial charge in [0.15, 0.2) is 6.10 Å². The molecule has 10 heteroatoms. The van der Waals surface area contributed by atoms with Crippen molar-refractivity contribution in [2.24, 2.45) is 0 Å². The van der Waals surface area contributed by atoms with Gasteiger partial charge in [-0.1, -0.05) is 332 Å². The highest BCUT2D eigenvalue weighted by Gasteiger charge is 2.22. The van der Waals surface area contributed by atoms with Crippen molar-refractivity contribution in [2.75, 3.05) is 47.5 Å². The van der Waals surface area contributed by atoms with Gasteiger partial charge in [-0.25, -0.2) is 0 Å². The second-order valence-electron chi connectivity index (χ2n) is 26.6. The molecule has 0 radical (unpaired) electrons. The van der Waals surface area contributed by atoms with Gasteiger partial charge in [0, 0.05) is 12.8 Å². The van der Waals surface area contributed by atoms with Gasteiger partial charge in [0.2, 0.25) is 0 Å². The highest BCUT2D eigenvalue weighted by Crippen LogP contribution is 2.38. The number of nitrogens with zero attached hydrogens (tertiary/aromatic N) is 1. The molecule has 0 N–H and O–H groups in total. The van der Waals surface area contributed by atoms with Crippen LogP contribution >= 0.6 is 7.82 Å². The summed E-state index contributed by atoms with van der Waals surface area (Å²) in [6.45, 7) is 4.09. The van der Waals surface area contributed by atoms with Crippen molar-refractivity contribution in [3.05, 3.63) is 170 Å². The molecule has 2 atom stereocenters. The van der Waals surface area contributed by atoms with Crippen LogP contribution in [0.15, 0.2) is 170 Å². The third-order valence-electron chi connectivity index (χ3n) is 16.2. The first-order valence-electron chi connectivity index (χ1n) is 38.8. The molecule has 0 heterocycles. The predicted octanol–water partition coefficient (Wildman–Crippen LogP) is 25.4. The maximum absolute atomic E-state index is 12.9. The number of ether oxygens (including phenoxy) is 2. The minimum atomic E-state index is -4.66. The predicted molar refractivity (Wildman–Crippen MR) is 415 cm³/mol. The van der Waals surface area contributed by atoms with E-state index in [0.717, 1.165) is 128 Å². The maximum Gasteiger partial charge on any atom is 0.306 e. The van der Waals surface area contributed by atoms with Crippen LogP contribution in [0, 0.1) is 0 Å². The molecule has 0 aromatic carbocycles. The normalized spacial score (nSPS) is 14.0. The molecule has 0 aromatic rings. The number of hydrogen-bond acceptors (Lipinski definition) is 8. The third kappa shape index (κ3) is 78.4. The zero-order valence-electron chi connectivity index (χ0n) is 62.3. The van der Waals surface area contributed by atoms with Crippen LogP contribution in [-0.2, 0) is 32.7 Å². The molecule has 0 amide bonds. The van der Waals surface area contributed by atoms with Crippen molar-refractivity contribution < 1.29 is 42.1 Å². The number of allylic oxidation sites excluding steroid dienone is 28. The molecule has 96 heavy (non-hydrogen) atoms. The zero-order valence-corrected chi connectivity index (χ0v) is 63.2. The van der Waals surface area contributed by atoms with Crippen LogP contribution in [0.1, 0.15) is 309 Å². The van der Waals surface area contributed by atoms with Gasteiger partial charge in [-0.3, -0.25) is 14.2 Å². The largest absolute Gasteiger partial charge is 0.756 e. The van der Waals surface area contributed by atoms with Crippen LogP contribution in [0.2, 0.25) is 0 Å². The van der Waals surface area contributed by atoms with Gasteiger partial charge in [-0.05, 0) is 135 Å². The Bertz CT molecular complexity index is 2230. The van der Waals surface area contributed by atoms with Gasteiger partial charge >= 0.3 is 11.9 Å². The van der Waals surface area contributed by atoms with Crippen LogP contribution in [0.25, 0.3) is 0 Å². The molecule has 2 unspecified atom stereocenters. The number of hydrogen-bond donors (Lipinski definition) is 0. The smallest absolute Gasteiger partial charge is 0.306 e. The van der Waals surface area contributed by atoms with E-state index in [0.29, 0.717) is 17.4 Å². The van der Waals surface area contributed by atoms with E-state index in [-0.39, 0.29) is 26.1 Å². The van der Waals surface area contributed by atoms with Crippen molar-refractivity contribution >= 4 is 19.8 Å². The summed E-state index contributed by atoms with van der Waals surface area (Å²) >= 11 is 0. The van der Waals surface area contributed by atoms with E-state index in [1.807, 2.05) is 21.1 Å². The average Bonchev–Trinajstić information content (AvgIpc) is 2.54. The quantitative estimate of drug-likeness (QED) is 0.0195. The first kappa shape index (κ1) is 91.4. The molecular formula is C86H144NO8P. The molecule has 0 aliphatic rings. The minimum absolute atomic E-state index is 0.0435. The first-order chi connectivity index (χ1) is 47.0. The molecule has 0 aliphatic heterocycles. The number of quaternary nitrogens is 1. The Balaban J connectivity index is 4.12. The summed E-state index contributed by atoms with van der Waals surface area (Å²) in [6, 6.07) is 0. The van der Waals surface area contributed by atoms with Gasteiger partial charge in [0.1, 0.15) is 19.8 Å². The molecule has 0 saturated heterocycles. The summed E-state index contributed by atoms with van der Waals surface area (Å²) in [5.41, 5.74) is 0. The second kappa shape index (κ2) is 74.6. The summed E-state index contributed by atoms with van der Waals surface area (Å²) in [6.07, 6.45) is 113. The van der Waals surface area contributed by atoms with Crippen LogP contribution in [0.4, 0.5) is 0 Å². The number of carbonyl (C=O) groups is 2. The number of phosphoric ester groups is 1. The van der Waals surface area contributed by atoms with E-state index >= 15 is 0 Å². The highest BCUT2D eigenvalue weighted by molar-refractivity contribution is 7.45. The summed E-state index contributed by atoms with van der Waals surface area (Å²) in [4.78, 5) is 38.1. The summed E-state index contributed by atoms with van der Waals surface area (Å²) < 4.78 is 34.3. The van der Waals surface area contributed by atoms with E-state index < -0.39 is 32.5 Å². The van der Waals surface area contributed by atoms with Crippen LogP contribution in [-0.4, -0.2) is 70.0 Å². The average molecular weight is 1350 g/mol. The molecular weight excluding hydrogens is 1210 g/mol. The molecule has 9 nitrogen and oxygen atoms in total. The lowest BCUT2D eigenvalue weighted by Crippen LogP contribution is -2.37. The standard InChI is InChI=1S/C86H144NO8P/c1-6-8-10-12-14-16-18-20-22-24-26-28-30-32-34-36-38-39-40-41-42-43-44-45-46-47-49-51-53-55-57-59-61-63-65-67-69-71-73-75-77-79-86(89)95-84(83-94-96(90,91)93-81-80-87(3,4)5)82-92-85(88)78-76-74-72-70-68-66-64-62-60-58-56-54-52-50-48-37-35-33-31-29-27-25-23-21-19-17-15-13-11-9-7-2/h8,10,14,16,19-22,25-28,32,34,38-39,41-42,44-45,47,49,53,55,59,61,65,67,84H,6-7,9,11-13,15,17-18,23-24,29-31,33,35-37,40,43,46,48,50-52,54,56-58,60,62-64,66,68-83H2,1-5H3/b10-8-,16-14-,21-19-,22-20-,27-25-,28-26-,34-32-,39-38-,42-41-,45-44-,49-47-,55-53-,61-59-,67-65-. The first-order valence-corrected chi connectivity index (χ1v) is 40.3. The number of likely N-dealkylation sites (N-methyl/N-ethyl adjacent to an activating group) is 1. The fraction of sp³-hybridized carbons (Fsp3) is 0.651. The Kier molecular flexibility index (Phi) is 71.0. The van der Waals surface area contributed by atoms with Crippen molar-refractivity contribution in [2.45, 2.75) is 315 Å². The number of phosphoric acid groups is 1. The summed E-state index contributed by atoms with van der Waals surface area (Å²) in [5.74, 6) is -0.864. The lowest BCUT2D eigenvalue weighted by molar-refractivity contribution is -0.870. The minimum Gasteiger partial charge on any atom is -0.756 e. The molecule has 0 saturated carbocycles. The Labute approximate surface area is 591 Å². The van der Waals surface area contributed by atoms with E-state index in [9.17, 15) is 19.0 Å². The molecule has 0 aromatic heterocycles. The summed E-state index contributed by atoms with van der Waals surface area (Å²) in [5, 5.41) is 0. The van der Waals surface area contributed by atoms with Gasteiger partial charge < -0.3 is 27.9 Å². The lowest BCUT2D eigenvalue weighted by atomic mass is 10.0. The Morgan fingerprint density at radius 3 is 0.885 bits per heavy atom. The number of carbonyl (C=O) groups excluding carboxylic acids is 2. The topological polar surface area (TPSA) is 111 Å². The van der Waals surface area contributed by atoms with Crippen molar-refractivity contribution in [3.63, 3.8) is 0 Å². The Morgan fingerprint density at radius 2 is 0.594 bits per heavy atom. The van der Waals surface area contributed by atoms with Gasteiger partial charge in [-0.15, -0.1) is 0 Å². The van der Waals surface area contributed by atoms with Gasteiger partial charge in [0.25, 0.3) is 7.82 Å². The maximum atomic E-state index is 12.9. The van der Waals surface area contributed by atoms with Crippen molar-refractivity contribution in [3.8, 4) is 0 Å². The van der Waals surface area contributed by atoms with Gasteiger partial charge in [-0.2, -0.15) is 0 Å². The van der Waals surface area contributed by atoms with E-state index in [4.69, 9.17) is 18.5 Å². The molecule has 0 fully saturated rings. The molecule has 0 bridgehead atoms. The highest BCUT2D eigenvalue weighted by atomic mass is 31.2. The molecule has 0 aliphatic carbocycles. The molecule has 546 valence electrons. The number of rotatable bonds is 70. The SMILES string of the molecule is CC/C=C\C/C=C\C/C=C\C/C=C\C/C=C\C/C=C\C/C=C\C/C=C\C/C=C\C/C=C\C/C=C\C/C=C\CCCCCCC(=O)OC(COC(=O)CCCCCCCCCCCCCCCCCCCCC/C=C\C/C=C\CCCCCCC)COP(=O)([O-])OCC[N+](C)(C)C. The van der Waals surface area contributed by atoms with Crippen LogP contribution in [0.3, 0.4) is 0 Å². The Hall–Kier alpha value is -4.63. The zero-order chi connectivity index (χ0) is 69.7. The fourth-order valence-corrected chi connectivity index (χ4v) is 11.0. The van der Waals surface area contributed by atoms with Crippen LogP contribution in [0.5, 0.6) is 0 Å². The van der Waals surface area contributed by atoms with E-state index in [1.54, 1.807) is 0 Å². The number of unbranched alkanes of at least 4 members (excludes halogenated alkanes) is 28. The lowest BCUT2D eigenvalue weighted by Gasteiger charge is -2.28. The number of esters is 2. The van der Waals surface area contributed by atoms with Gasteiger partial charge in [0.05, 0.1) is 27.7 Å². The molecule has 0 rings (SSSR count). The van der Waals surface area contributed by atoms with E-state index in [1.165, 1.54) is 148 Å². The van der Waals surface area contributed by atoms with Crippen LogP contribution < -0.4 is 4.89 Å². The van der Waals surface area contributed by atoms with Crippen molar-refractivity contribution in [1.82, 2.24) is 0 Å². The monoisotopic (exact) mass is 1350 g/mol. The van der Waals surface area contributed by atoms with Crippen molar-refractivity contribution in [1.29, 1.82) is 0 Å². The Morgan fingerprint density at radius 1 is 0.333 bits per heavy atom. The third-order valence-corrected chi connectivity index (χ3v) is 17.2.